The Bertz CT molecular complexity index is 321. The molecule has 0 aromatic carbocycles. The van der Waals surface area contributed by atoms with Crippen molar-refractivity contribution in [2.45, 2.75) is 96.2 Å². The summed E-state index contributed by atoms with van der Waals surface area (Å²) in [6.45, 7) is 4.48. The number of hydrogen-bond acceptors (Lipinski definition) is 5. The summed E-state index contributed by atoms with van der Waals surface area (Å²) >= 11 is 0. The van der Waals surface area contributed by atoms with Crippen molar-refractivity contribution in [1.82, 2.24) is 0 Å². The van der Waals surface area contributed by atoms with Gasteiger partial charge in [0.1, 0.15) is 12.2 Å². The molecule has 0 aromatic heterocycles. The van der Waals surface area contributed by atoms with Crippen LogP contribution in [0.3, 0.4) is 0 Å². The van der Waals surface area contributed by atoms with Gasteiger partial charge < -0.3 is 24.4 Å². The van der Waals surface area contributed by atoms with E-state index in [2.05, 4.69) is 6.92 Å². The lowest BCUT2D eigenvalue weighted by Crippen LogP contribution is -2.51. The van der Waals surface area contributed by atoms with E-state index in [9.17, 15) is 10.2 Å². The Morgan fingerprint density at radius 2 is 1.75 bits per heavy atom. The number of allylic oxidation sites excluding steroid dienone is 1. The number of unbranched alkanes of at least 4 members (excludes halogenated alkanes) is 7. The minimum atomic E-state index is -0.811. The van der Waals surface area contributed by atoms with Crippen molar-refractivity contribution in [1.29, 1.82) is 0 Å². The van der Waals surface area contributed by atoms with E-state index in [1.54, 1.807) is 12.3 Å². The van der Waals surface area contributed by atoms with Gasteiger partial charge in [-0.3, -0.25) is 0 Å². The van der Waals surface area contributed by atoms with Gasteiger partial charge in [0.2, 0.25) is 6.29 Å². The van der Waals surface area contributed by atoms with Crippen LogP contribution in [0.2, 0.25) is 0 Å². The van der Waals surface area contributed by atoms with Gasteiger partial charge in [-0.1, -0.05) is 57.9 Å². The van der Waals surface area contributed by atoms with Crippen molar-refractivity contribution in [3.63, 3.8) is 0 Å². The van der Waals surface area contributed by atoms with E-state index in [-0.39, 0.29) is 12.7 Å². The van der Waals surface area contributed by atoms with Gasteiger partial charge in [-0.05, 0) is 13.3 Å². The number of rotatable bonds is 13. The van der Waals surface area contributed by atoms with E-state index >= 15 is 0 Å². The molecule has 142 valence electrons. The van der Waals surface area contributed by atoms with Gasteiger partial charge >= 0.3 is 0 Å². The second kappa shape index (κ2) is 13.6. The fraction of sp³-hybridized carbons (Fsp3) is 0.895. The summed E-state index contributed by atoms with van der Waals surface area (Å²) in [5.41, 5.74) is 0. The third-order valence-corrected chi connectivity index (χ3v) is 4.39. The van der Waals surface area contributed by atoms with Crippen molar-refractivity contribution in [3.8, 4) is 0 Å². The first-order valence-electron chi connectivity index (χ1n) is 9.55. The highest BCUT2D eigenvalue weighted by molar-refractivity contribution is 4.84. The molecule has 0 saturated carbocycles. The average molecular weight is 344 g/mol. The van der Waals surface area contributed by atoms with Crippen molar-refractivity contribution >= 4 is 0 Å². The molecule has 1 aliphatic rings. The SMILES string of the molecule is C/C=C\O[C@@H]1CC(OCCCCCCCCCC)[C@H](O)C(CO)O1. The first-order chi connectivity index (χ1) is 11.7. The summed E-state index contributed by atoms with van der Waals surface area (Å²) in [4.78, 5) is 0. The molecule has 0 aromatic rings. The Labute approximate surface area is 147 Å². The molecule has 4 atom stereocenters. The predicted molar refractivity (Wildman–Crippen MR) is 94.6 cm³/mol. The Hall–Kier alpha value is -0.620. The quantitative estimate of drug-likeness (QED) is 0.395. The lowest BCUT2D eigenvalue weighted by Gasteiger charge is -2.37. The lowest BCUT2D eigenvalue weighted by atomic mass is 10.0. The molecule has 0 radical (unpaired) electrons. The normalized spacial score (nSPS) is 27.7. The highest BCUT2D eigenvalue weighted by Crippen LogP contribution is 2.24. The molecular weight excluding hydrogens is 308 g/mol. The molecule has 1 aliphatic heterocycles. The molecule has 5 nitrogen and oxygen atoms in total. The van der Waals surface area contributed by atoms with E-state index in [0.29, 0.717) is 13.0 Å². The minimum absolute atomic E-state index is 0.242. The largest absolute Gasteiger partial charge is 0.473 e. The van der Waals surface area contributed by atoms with Crippen molar-refractivity contribution in [2.24, 2.45) is 0 Å². The predicted octanol–water partition coefficient (Wildman–Crippen LogP) is 3.53. The van der Waals surface area contributed by atoms with E-state index < -0.39 is 18.5 Å². The lowest BCUT2D eigenvalue weighted by molar-refractivity contribution is -0.249. The first-order valence-corrected chi connectivity index (χ1v) is 9.55. The van der Waals surface area contributed by atoms with Gasteiger partial charge in [0, 0.05) is 13.0 Å². The molecule has 1 saturated heterocycles. The van der Waals surface area contributed by atoms with Crippen LogP contribution in [-0.4, -0.2) is 48.0 Å². The summed E-state index contributed by atoms with van der Waals surface area (Å²) in [6.07, 6.45) is 11.5. The van der Waals surface area contributed by atoms with Gasteiger partial charge in [0.15, 0.2) is 0 Å². The fourth-order valence-corrected chi connectivity index (χ4v) is 2.94. The third kappa shape index (κ3) is 8.47. The Morgan fingerprint density at radius 1 is 1.08 bits per heavy atom. The van der Waals surface area contributed by atoms with Gasteiger partial charge in [0.05, 0.1) is 19.0 Å². The monoisotopic (exact) mass is 344 g/mol. The smallest absolute Gasteiger partial charge is 0.202 e. The fourth-order valence-electron chi connectivity index (χ4n) is 2.94. The molecule has 0 spiro atoms. The molecular formula is C19H36O5. The zero-order valence-electron chi connectivity index (χ0n) is 15.4. The zero-order valence-corrected chi connectivity index (χ0v) is 15.4. The van der Waals surface area contributed by atoms with Gasteiger partial charge in [0.25, 0.3) is 0 Å². The molecule has 1 heterocycles. The number of ether oxygens (including phenoxy) is 3. The first kappa shape index (κ1) is 21.4. The van der Waals surface area contributed by atoms with Crippen LogP contribution < -0.4 is 0 Å². The van der Waals surface area contributed by atoms with Crippen molar-refractivity contribution in [2.75, 3.05) is 13.2 Å². The maximum atomic E-state index is 10.2. The van der Waals surface area contributed by atoms with E-state index in [4.69, 9.17) is 14.2 Å². The van der Waals surface area contributed by atoms with Crippen LogP contribution in [0.25, 0.3) is 0 Å². The maximum absolute atomic E-state index is 10.2. The topological polar surface area (TPSA) is 68.2 Å². The van der Waals surface area contributed by atoms with Crippen LogP contribution in [0.4, 0.5) is 0 Å². The standard InChI is InChI=1S/C19H36O5/c1-3-5-6-7-8-9-10-11-13-22-16-14-18(23-12-4-2)24-17(15-20)19(16)21/h4,12,16-21H,3,5-11,13-15H2,1-2H3/b12-4-/t16?,17?,18-,19-/m0/s1. The molecule has 1 rings (SSSR count). The molecule has 5 heteroatoms. The Balaban J connectivity index is 2.19. The molecule has 2 N–H and O–H groups in total. The van der Waals surface area contributed by atoms with Crippen molar-refractivity contribution < 1.29 is 24.4 Å². The molecule has 0 aliphatic carbocycles. The van der Waals surface area contributed by atoms with Crippen molar-refractivity contribution in [3.05, 3.63) is 12.3 Å². The van der Waals surface area contributed by atoms with E-state index in [1.165, 1.54) is 38.5 Å². The van der Waals surface area contributed by atoms with Crippen LogP contribution >= 0.6 is 0 Å². The minimum Gasteiger partial charge on any atom is -0.473 e. The van der Waals surface area contributed by atoms with Crippen LogP contribution in [0.15, 0.2) is 12.3 Å². The van der Waals surface area contributed by atoms with Gasteiger partial charge in [-0.2, -0.15) is 0 Å². The van der Waals surface area contributed by atoms with Gasteiger partial charge in [-0.25, -0.2) is 0 Å². The van der Waals surface area contributed by atoms with E-state index in [1.807, 2.05) is 6.92 Å². The number of hydrogen-bond donors (Lipinski definition) is 2. The molecule has 1 fully saturated rings. The number of aliphatic hydroxyl groups excluding tert-OH is 2. The molecule has 0 amide bonds. The highest BCUT2D eigenvalue weighted by atomic mass is 16.7. The summed E-state index contributed by atoms with van der Waals surface area (Å²) in [7, 11) is 0. The van der Waals surface area contributed by atoms with Crippen LogP contribution in [0.1, 0.15) is 71.6 Å². The van der Waals surface area contributed by atoms with E-state index in [0.717, 1.165) is 12.8 Å². The van der Waals surface area contributed by atoms with Crippen LogP contribution in [0, 0.1) is 0 Å². The summed E-state index contributed by atoms with van der Waals surface area (Å²) in [5.74, 6) is 0. The second-order valence-corrected chi connectivity index (χ2v) is 6.50. The molecule has 2 unspecified atom stereocenters. The van der Waals surface area contributed by atoms with Crippen LogP contribution in [0.5, 0.6) is 0 Å². The molecule has 24 heavy (non-hydrogen) atoms. The maximum Gasteiger partial charge on any atom is 0.202 e. The zero-order chi connectivity index (χ0) is 17.6. The highest BCUT2D eigenvalue weighted by Gasteiger charge is 2.38. The Morgan fingerprint density at radius 3 is 2.38 bits per heavy atom. The third-order valence-electron chi connectivity index (χ3n) is 4.39. The summed E-state index contributed by atoms with van der Waals surface area (Å²) in [6, 6.07) is 0. The van der Waals surface area contributed by atoms with Crippen LogP contribution in [-0.2, 0) is 14.2 Å². The van der Waals surface area contributed by atoms with Gasteiger partial charge in [-0.15, -0.1) is 0 Å². The second-order valence-electron chi connectivity index (χ2n) is 6.50. The summed E-state index contributed by atoms with van der Waals surface area (Å²) < 4.78 is 16.8. The number of aliphatic hydroxyl groups is 2. The Kier molecular flexibility index (Phi) is 12.2. The molecule has 0 bridgehead atoms. The summed E-state index contributed by atoms with van der Waals surface area (Å²) in [5, 5.41) is 19.6. The average Bonchev–Trinajstić information content (AvgIpc) is 2.60.